The Labute approximate surface area is 137 Å². The smallest absolute Gasteiger partial charge is 0.160 e. The van der Waals surface area contributed by atoms with Crippen LogP contribution in [0.2, 0.25) is 0 Å². The van der Waals surface area contributed by atoms with E-state index in [0.29, 0.717) is 17.9 Å². The first-order valence-electron chi connectivity index (χ1n) is 8.56. The molecular formula is C20H23NO2. The van der Waals surface area contributed by atoms with Crippen LogP contribution < -0.4 is 5.32 Å². The van der Waals surface area contributed by atoms with Crippen molar-refractivity contribution < 1.29 is 10.2 Å². The van der Waals surface area contributed by atoms with Gasteiger partial charge in [0, 0.05) is 17.5 Å². The number of phenolic OH excluding ortho intramolecular Hbond substituents is 2. The van der Waals surface area contributed by atoms with E-state index < -0.39 is 0 Å². The van der Waals surface area contributed by atoms with Gasteiger partial charge < -0.3 is 15.5 Å². The van der Waals surface area contributed by atoms with Gasteiger partial charge in [0.1, 0.15) is 0 Å². The molecule has 0 amide bonds. The van der Waals surface area contributed by atoms with Crippen LogP contribution in [0.25, 0.3) is 0 Å². The molecular weight excluding hydrogens is 286 g/mol. The quantitative estimate of drug-likeness (QED) is 0.742. The van der Waals surface area contributed by atoms with Crippen molar-refractivity contribution in [3.63, 3.8) is 0 Å². The summed E-state index contributed by atoms with van der Waals surface area (Å²) < 4.78 is 0. The van der Waals surface area contributed by atoms with Crippen LogP contribution in [0.3, 0.4) is 0 Å². The Hall–Kier alpha value is -2.00. The van der Waals surface area contributed by atoms with Crippen molar-refractivity contribution in [2.45, 2.75) is 43.6 Å². The summed E-state index contributed by atoms with van der Waals surface area (Å²) >= 11 is 0. The van der Waals surface area contributed by atoms with E-state index in [9.17, 15) is 10.2 Å². The first-order valence-corrected chi connectivity index (χ1v) is 8.56. The molecule has 0 aromatic heterocycles. The molecule has 0 saturated carbocycles. The van der Waals surface area contributed by atoms with Gasteiger partial charge in [-0.05, 0) is 55.3 Å². The lowest BCUT2D eigenvalue weighted by Crippen LogP contribution is -2.33. The molecule has 2 aromatic carbocycles. The maximum Gasteiger partial charge on any atom is 0.160 e. The van der Waals surface area contributed by atoms with Gasteiger partial charge in [-0.25, -0.2) is 0 Å². The number of phenols is 2. The van der Waals surface area contributed by atoms with Gasteiger partial charge in [0.15, 0.2) is 11.5 Å². The van der Waals surface area contributed by atoms with E-state index in [4.69, 9.17) is 0 Å². The number of hydrogen-bond donors (Lipinski definition) is 3. The van der Waals surface area contributed by atoms with E-state index in [-0.39, 0.29) is 11.5 Å². The number of rotatable bonds is 2. The Kier molecular flexibility index (Phi) is 3.74. The van der Waals surface area contributed by atoms with Gasteiger partial charge in [-0.15, -0.1) is 0 Å². The zero-order valence-corrected chi connectivity index (χ0v) is 13.2. The molecule has 1 aliphatic heterocycles. The van der Waals surface area contributed by atoms with E-state index >= 15 is 0 Å². The average molecular weight is 309 g/mol. The molecule has 4 rings (SSSR count). The van der Waals surface area contributed by atoms with Crippen LogP contribution in [0.5, 0.6) is 11.5 Å². The third-order valence-corrected chi connectivity index (χ3v) is 5.54. The van der Waals surface area contributed by atoms with Crippen molar-refractivity contribution in [3.05, 3.63) is 59.2 Å². The molecule has 23 heavy (non-hydrogen) atoms. The molecule has 1 fully saturated rings. The normalized spacial score (nSPS) is 26.9. The monoisotopic (exact) mass is 309 g/mol. The Balaban J connectivity index is 1.76. The van der Waals surface area contributed by atoms with Crippen molar-refractivity contribution in [2.75, 3.05) is 6.54 Å². The summed E-state index contributed by atoms with van der Waals surface area (Å²) in [5, 5.41) is 23.9. The highest BCUT2D eigenvalue weighted by molar-refractivity contribution is 5.53. The maximum absolute atomic E-state index is 10.4. The molecule has 120 valence electrons. The summed E-state index contributed by atoms with van der Waals surface area (Å²) in [6.45, 7) is 1.08. The molecule has 2 aromatic rings. The molecule has 2 aliphatic rings. The second kappa shape index (κ2) is 5.89. The van der Waals surface area contributed by atoms with Crippen LogP contribution >= 0.6 is 0 Å². The Morgan fingerprint density at radius 1 is 1.00 bits per heavy atom. The second-order valence-electron chi connectivity index (χ2n) is 6.86. The Bertz CT molecular complexity index is 692. The van der Waals surface area contributed by atoms with Crippen LogP contribution in [0.1, 0.15) is 47.8 Å². The molecule has 1 saturated heterocycles. The van der Waals surface area contributed by atoms with Crippen LogP contribution in [0.15, 0.2) is 42.5 Å². The van der Waals surface area contributed by atoms with E-state index in [0.717, 1.165) is 24.9 Å². The minimum absolute atomic E-state index is 0.00408. The number of aromatic hydroxyl groups is 2. The number of fused-ring (bicyclic) bond motifs is 1. The molecule has 0 unspecified atom stereocenters. The third kappa shape index (κ3) is 2.59. The molecule has 0 spiro atoms. The van der Waals surface area contributed by atoms with Gasteiger partial charge in [-0.1, -0.05) is 36.4 Å². The van der Waals surface area contributed by atoms with Crippen LogP contribution in [-0.4, -0.2) is 22.8 Å². The van der Waals surface area contributed by atoms with Crippen LogP contribution in [0.4, 0.5) is 0 Å². The fraction of sp³-hybridized carbons (Fsp3) is 0.400. The van der Waals surface area contributed by atoms with E-state index in [1.54, 1.807) is 6.07 Å². The van der Waals surface area contributed by atoms with Gasteiger partial charge in [0.25, 0.3) is 0 Å². The molecule has 1 aliphatic carbocycles. The van der Waals surface area contributed by atoms with Crippen LogP contribution in [-0.2, 0) is 6.42 Å². The van der Waals surface area contributed by atoms with Gasteiger partial charge in [0.05, 0.1) is 0 Å². The topological polar surface area (TPSA) is 52.5 Å². The number of nitrogens with one attached hydrogen (secondary N) is 1. The van der Waals surface area contributed by atoms with Gasteiger partial charge >= 0.3 is 0 Å². The summed E-state index contributed by atoms with van der Waals surface area (Å²) in [5.74, 6) is 0.864. The minimum atomic E-state index is -0.00408. The van der Waals surface area contributed by atoms with Crippen molar-refractivity contribution in [1.82, 2.24) is 5.32 Å². The summed E-state index contributed by atoms with van der Waals surface area (Å²) in [5.41, 5.74) is 3.47. The molecule has 1 heterocycles. The largest absolute Gasteiger partial charge is 0.504 e. The lowest BCUT2D eigenvalue weighted by atomic mass is 9.71. The SMILES string of the molecule is Oc1ccc2c(c1O)C[C@@H](c1ccccc1)C[C@H]2[C@H]1CCCN1. The van der Waals surface area contributed by atoms with Gasteiger partial charge in [-0.2, -0.15) is 0 Å². The highest BCUT2D eigenvalue weighted by Crippen LogP contribution is 2.47. The fourth-order valence-corrected chi connectivity index (χ4v) is 4.38. The average Bonchev–Trinajstić information content (AvgIpc) is 3.13. The van der Waals surface area contributed by atoms with Crippen LogP contribution in [0, 0.1) is 0 Å². The first kappa shape index (κ1) is 14.6. The zero-order valence-electron chi connectivity index (χ0n) is 13.2. The van der Waals surface area contributed by atoms with Gasteiger partial charge in [0.2, 0.25) is 0 Å². The summed E-state index contributed by atoms with van der Waals surface area (Å²) in [6.07, 6.45) is 4.30. The molecule has 3 heteroatoms. The molecule has 0 radical (unpaired) electrons. The number of hydrogen-bond acceptors (Lipinski definition) is 3. The Morgan fingerprint density at radius 3 is 2.57 bits per heavy atom. The van der Waals surface area contributed by atoms with Crippen molar-refractivity contribution in [3.8, 4) is 11.5 Å². The number of benzene rings is 2. The second-order valence-corrected chi connectivity index (χ2v) is 6.86. The highest BCUT2D eigenvalue weighted by Gasteiger charge is 2.35. The zero-order chi connectivity index (χ0) is 15.8. The lowest BCUT2D eigenvalue weighted by molar-refractivity contribution is 0.371. The van der Waals surface area contributed by atoms with E-state index in [2.05, 4.69) is 29.6 Å². The highest BCUT2D eigenvalue weighted by atomic mass is 16.3. The van der Waals surface area contributed by atoms with Crippen molar-refractivity contribution in [1.29, 1.82) is 0 Å². The van der Waals surface area contributed by atoms with E-state index in [1.165, 1.54) is 24.0 Å². The predicted octanol–water partition coefficient (Wildman–Crippen LogP) is 3.66. The molecule has 3 nitrogen and oxygen atoms in total. The summed E-state index contributed by atoms with van der Waals surface area (Å²) in [4.78, 5) is 0. The lowest BCUT2D eigenvalue weighted by Gasteiger charge is -2.36. The minimum Gasteiger partial charge on any atom is -0.504 e. The summed E-state index contributed by atoms with van der Waals surface area (Å²) in [7, 11) is 0. The first-order chi connectivity index (χ1) is 11.2. The fourth-order valence-electron chi connectivity index (χ4n) is 4.38. The van der Waals surface area contributed by atoms with Crippen molar-refractivity contribution in [2.24, 2.45) is 0 Å². The molecule has 0 bridgehead atoms. The Morgan fingerprint density at radius 2 is 1.83 bits per heavy atom. The molecule has 3 atom stereocenters. The summed E-state index contributed by atoms with van der Waals surface area (Å²) in [6, 6.07) is 14.7. The molecule has 3 N–H and O–H groups in total. The van der Waals surface area contributed by atoms with Gasteiger partial charge in [-0.3, -0.25) is 0 Å². The predicted molar refractivity (Wildman–Crippen MR) is 91.0 cm³/mol. The maximum atomic E-state index is 10.4. The van der Waals surface area contributed by atoms with E-state index in [1.807, 2.05) is 12.1 Å². The van der Waals surface area contributed by atoms with Crippen molar-refractivity contribution >= 4 is 0 Å². The third-order valence-electron chi connectivity index (χ3n) is 5.54. The standard InChI is InChI=1S/C20H23NO2/c22-19-9-8-15-16(18-7-4-10-21-18)11-14(12-17(15)20(19)23)13-5-2-1-3-6-13/h1-3,5-6,8-9,14,16,18,21-23H,4,7,10-12H2/t14-,16+,18+/m0/s1.